The molecule has 0 radical (unpaired) electrons. The summed E-state index contributed by atoms with van der Waals surface area (Å²) in [6, 6.07) is 1.94. The zero-order chi connectivity index (χ0) is 15.0. The van der Waals surface area contributed by atoms with Crippen LogP contribution in [0.3, 0.4) is 0 Å². The number of fused-ring (bicyclic) bond motifs is 1. The van der Waals surface area contributed by atoms with Crippen LogP contribution in [0, 0.1) is 0 Å². The number of aromatic nitrogens is 6. The topological polar surface area (TPSA) is 61.4 Å². The lowest BCUT2D eigenvalue weighted by molar-refractivity contribution is 0.562. The zero-order valence-electron chi connectivity index (χ0n) is 11.7. The van der Waals surface area contributed by atoms with Crippen molar-refractivity contribution in [2.45, 2.75) is 19.4 Å². The summed E-state index contributed by atoms with van der Waals surface area (Å²) in [7, 11) is 1.93. The molecule has 0 amide bonds. The minimum absolute atomic E-state index is 0.0191. The first-order valence-corrected chi connectivity index (χ1v) is 7.86. The van der Waals surface area contributed by atoms with Gasteiger partial charge in [0.05, 0.1) is 6.04 Å². The van der Waals surface area contributed by atoms with E-state index in [1.807, 2.05) is 17.7 Å². The lowest BCUT2D eigenvalue weighted by atomic mass is 10.3. The molecule has 3 heterocycles. The zero-order valence-corrected chi connectivity index (χ0v) is 14.0. The Labute approximate surface area is 135 Å². The number of hydrogen-bond donors (Lipinski definition) is 0. The van der Waals surface area contributed by atoms with Crippen molar-refractivity contribution in [1.29, 1.82) is 0 Å². The summed E-state index contributed by atoms with van der Waals surface area (Å²) in [5.74, 6) is 2.27. The van der Waals surface area contributed by atoms with Gasteiger partial charge in [-0.15, -0.1) is 21.8 Å². The highest BCUT2D eigenvalue weighted by molar-refractivity contribution is 9.10. The third-order valence-electron chi connectivity index (χ3n) is 3.40. The number of imidazole rings is 1. The van der Waals surface area contributed by atoms with Crippen molar-refractivity contribution in [3.63, 3.8) is 0 Å². The number of hydrogen-bond acceptors (Lipinski definition) is 4. The molecule has 0 N–H and O–H groups in total. The van der Waals surface area contributed by atoms with Crippen LogP contribution in [0.2, 0.25) is 0 Å². The molecule has 0 spiro atoms. The van der Waals surface area contributed by atoms with Gasteiger partial charge in [-0.3, -0.25) is 0 Å². The van der Waals surface area contributed by atoms with Gasteiger partial charge in [0.1, 0.15) is 17.7 Å². The number of halogens is 2. The van der Waals surface area contributed by atoms with Crippen molar-refractivity contribution in [1.82, 2.24) is 29.3 Å². The second kappa shape index (κ2) is 5.73. The fraction of sp³-hybridized carbons (Fsp3) is 0.385. The van der Waals surface area contributed by atoms with E-state index in [0.717, 1.165) is 27.3 Å². The molecule has 110 valence electrons. The van der Waals surface area contributed by atoms with E-state index in [9.17, 15) is 0 Å². The van der Waals surface area contributed by atoms with Crippen molar-refractivity contribution in [2.24, 2.45) is 7.05 Å². The molecule has 0 saturated heterocycles. The molecular weight excluding hydrogens is 356 g/mol. The summed E-state index contributed by atoms with van der Waals surface area (Å²) < 4.78 is 4.89. The van der Waals surface area contributed by atoms with Crippen LogP contribution in [0.4, 0.5) is 0 Å². The minimum Gasteiger partial charge on any atom is -0.319 e. The molecule has 0 aliphatic rings. The van der Waals surface area contributed by atoms with Crippen LogP contribution in [-0.4, -0.2) is 35.2 Å². The molecule has 0 fully saturated rings. The molecule has 3 aromatic heterocycles. The third-order valence-corrected chi connectivity index (χ3v) is 4.02. The fourth-order valence-electron chi connectivity index (χ4n) is 2.46. The Morgan fingerprint density at radius 3 is 2.90 bits per heavy atom. The molecule has 8 heteroatoms. The van der Waals surface area contributed by atoms with Crippen molar-refractivity contribution >= 4 is 38.7 Å². The van der Waals surface area contributed by atoms with E-state index in [0.29, 0.717) is 12.3 Å². The molecule has 1 atom stereocenters. The van der Waals surface area contributed by atoms with Gasteiger partial charge in [0.2, 0.25) is 0 Å². The van der Waals surface area contributed by atoms with Gasteiger partial charge in [-0.05, 0) is 28.9 Å². The molecule has 6 nitrogen and oxygen atoms in total. The first-order valence-electron chi connectivity index (χ1n) is 6.54. The Hall–Kier alpha value is -1.47. The largest absolute Gasteiger partial charge is 0.319 e. The monoisotopic (exact) mass is 368 g/mol. The van der Waals surface area contributed by atoms with Gasteiger partial charge in [0.25, 0.3) is 0 Å². The van der Waals surface area contributed by atoms with Crippen LogP contribution in [0.5, 0.6) is 0 Å². The van der Waals surface area contributed by atoms with Gasteiger partial charge in [-0.25, -0.2) is 9.97 Å². The predicted molar refractivity (Wildman–Crippen MR) is 84.5 cm³/mol. The van der Waals surface area contributed by atoms with Crippen LogP contribution < -0.4 is 0 Å². The van der Waals surface area contributed by atoms with E-state index in [4.69, 9.17) is 11.6 Å². The second-order valence-corrected chi connectivity index (χ2v) is 6.10. The summed E-state index contributed by atoms with van der Waals surface area (Å²) in [4.78, 5) is 9.15. The van der Waals surface area contributed by atoms with Gasteiger partial charge in [-0.2, -0.15) is 0 Å². The molecular formula is C13H14BrClN6. The Morgan fingerprint density at radius 1 is 1.43 bits per heavy atom. The maximum Gasteiger partial charge on any atom is 0.160 e. The summed E-state index contributed by atoms with van der Waals surface area (Å²) in [6.07, 6.45) is 4.14. The number of alkyl halides is 1. The van der Waals surface area contributed by atoms with E-state index < -0.39 is 0 Å². The normalized spacial score (nSPS) is 13.0. The molecule has 21 heavy (non-hydrogen) atoms. The van der Waals surface area contributed by atoms with Crippen LogP contribution in [-0.2, 0) is 13.5 Å². The van der Waals surface area contributed by atoms with Gasteiger partial charge in [-0.1, -0.05) is 0 Å². The van der Waals surface area contributed by atoms with Gasteiger partial charge in [0, 0.05) is 30.0 Å². The molecule has 0 aliphatic heterocycles. The Bertz CT molecular complexity index is 780. The predicted octanol–water partition coefficient (Wildman–Crippen LogP) is 2.71. The molecule has 0 aliphatic carbocycles. The first-order chi connectivity index (χ1) is 10.1. The molecule has 0 saturated carbocycles. The first kappa shape index (κ1) is 14.5. The summed E-state index contributed by atoms with van der Waals surface area (Å²) in [6.45, 7) is 2.06. The maximum atomic E-state index is 5.91. The highest BCUT2D eigenvalue weighted by Crippen LogP contribution is 2.25. The number of pyridine rings is 1. The van der Waals surface area contributed by atoms with Gasteiger partial charge >= 0.3 is 0 Å². The average molecular weight is 370 g/mol. The van der Waals surface area contributed by atoms with Crippen LogP contribution >= 0.6 is 27.5 Å². The van der Waals surface area contributed by atoms with E-state index >= 15 is 0 Å². The SMILES string of the molecule is CC(c1nncn1C)n1c(CCCl)nc2cc(Br)cnc21. The van der Waals surface area contributed by atoms with E-state index in [2.05, 4.69) is 47.6 Å². The average Bonchev–Trinajstić information content (AvgIpc) is 3.01. The lowest BCUT2D eigenvalue weighted by Crippen LogP contribution is -2.15. The molecule has 3 rings (SSSR count). The van der Waals surface area contributed by atoms with Crippen molar-refractivity contribution in [2.75, 3.05) is 5.88 Å². The second-order valence-electron chi connectivity index (χ2n) is 4.81. The van der Waals surface area contributed by atoms with Crippen molar-refractivity contribution in [3.05, 3.63) is 34.7 Å². The summed E-state index contributed by atoms with van der Waals surface area (Å²) in [5, 5.41) is 8.14. The van der Waals surface area contributed by atoms with Crippen LogP contribution in [0.25, 0.3) is 11.2 Å². The highest BCUT2D eigenvalue weighted by atomic mass is 79.9. The number of nitrogens with zero attached hydrogens (tertiary/aromatic N) is 6. The van der Waals surface area contributed by atoms with Crippen molar-refractivity contribution in [3.8, 4) is 0 Å². The van der Waals surface area contributed by atoms with Crippen LogP contribution in [0.15, 0.2) is 23.1 Å². The minimum atomic E-state index is -0.0191. The fourth-order valence-corrected chi connectivity index (χ4v) is 2.95. The highest BCUT2D eigenvalue weighted by Gasteiger charge is 2.21. The Kier molecular flexibility index (Phi) is 3.95. The van der Waals surface area contributed by atoms with E-state index in [1.54, 1.807) is 12.5 Å². The Balaban J connectivity index is 2.19. The van der Waals surface area contributed by atoms with E-state index in [-0.39, 0.29) is 6.04 Å². The molecule has 1 unspecified atom stereocenters. The third kappa shape index (κ3) is 2.55. The van der Waals surface area contributed by atoms with E-state index in [1.165, 1.54) is 0 Å². The maximum absolute atomic E-state index is 5.91. The summed E-state index contributed by atoms with van der Waals surface area (Å²) in [5.41, 5.74) is 1.67. The quantitative estimate of drug-likeness (QED) is 0.663. The standard InChI is InChI=1S/C13H14BrClN6/c1-8(12-19-17-7-20(12)2)21-11(3-4-15)18-10-5-9(14)6-16-13(10)21/h5-8H,3-4H2,1-2H3. The molecule has 0 aromatic carbocycles. The van der Waals surface area contributed by atoms with Crippen LogP contribution in [0.1, 0.15) is 24.6 Å². The van der Waals surface area contributed by atoms with Gasteiger partial charge in [0.15, 0.2) is 11.5 Å². The molecule has 3 aromatic rings. The number of rotatable bonds is 4. The molecule has 0 bridgehead atoms. The van der Waals surface area contributed by atoms with Crippen molar-refractivity contribution < 1.29 is 0 Å². The smallest absolute Gasteiger partial charge is 0.160 e. The summed E-state index contributed by atoms with van der Waals surface area (Å²) >= 11 is 9.34. The lowest BCUT2D eigenvalue weighted by Gasteiger charge is -2.15. The van der Waals surface area contributed by atoms with Gasteiger partial charge < -0.3 is 9.13 Å². The Morgan fingerprint density at radius 2 is 2.24 bits per heavy atom. The number of aryl methyl sites for hydroxylation is 2.